The van der Waals surface area contributed by atoms with Gasteiger partial charge in [-0.05, 0) is 49.1 Å². The van der Waals surface area contributed by atoms with Crippen LogP contribution in [0.2, 0.25) is 0 Å². The molecule has 1 heterocycles. The highest BCUT2D eigenvalue weighted by molar-refractivity contribution is 6.06. The number of aromatic amines is 1. The minimum Gasteiger partial charge on any atom is -0.462 e. The average Bonchev–Trinajstić information content (AvgIpc) is 2.98. The third-order valence-corrected chi connectivity index (χ3v) is 7.55. The third kappa shape index (κ3) is 6.32. The number of pyridine rings is 1. The van der Waals surface area contributed by atoms with Crippen LogP contribution < -0.4 is 15.8 Å². The summed E-state index contributed by atoms with van der Waals surface area (Å²) in [5, 5.41) is 3.81. The van der Waals surface area contributed by atoms with E-state index in [2.05, 4.69) is 10.3 Å². The summed E-state index contributed by atoms with van der Waals surface area (Å²) in [5.41, 5.74) is 1.42. The predicted octanol–water partition coefficient (Wildman–Crippen LogP) is 6.04. The van der Waals surface area contributed by atoms with Gasteiger partial charge in [-0.25, -0.2) is 9.18 Å². The lowest BCUT2D eigenvalue weighted by atomic mass is 9.94. The number of fused-ring (bicyclic) bond motifs is 1. The second-order valence-corrected chi connectivity index (χ2v) is 10.4. The molecule has 1 aliphatic rings. The van der Waals surface area contributed by atoms with E-state index in [1.165, 1.54) is 12.1 Å². The molecule has 41 heavy (non-hydrogen) atoms. The van der Waals surface area contributed by atoms with Crippen molar-refractivity contribution in [3.05, 3.63) is 112 Å². The number of halogens is 1. The van der Waals surface area contributed by atoms with Crippen LogP contribution in [-0.2, 0) is 16.1 Å². The molecular formula is C33H34FN3O4. The van der Waals surface area contributed by atoms with Gasteiger partial charge in [-0.1, -0.05) is 79.9 Å². The van der Waals surface area contributed by atoms with Crippen LogP contribution in [0, 0.1) is 5.82 Å². The van der Waals surface area contributed by atoms with Gasteiger partial charge in [-0.2, -0.15) is 0 Å². The van der Waals surface area contributed by atoms with Gasteiger partial charge >= 0.3 is 5.97 Å². The van der Waals surface area contributed by atoms with Crippen molar-refractivity contribution in [2.75, 3.05) is 11.5 Å². The number of carbonyl (C=O) groups is 2. The molecule has 8 heteroatoms. The van der Waals surface area contributed by atoms with Gasteiger partial charge in [0.25, 0.3) is 5.56 Å². The van der Waals surface area contributed by atoms with Crippen molar-refractivity contribution in [3.8, 4) is 0 Å². The van der Waals surface area contributed by atoms with Crippen LogP contribution in [0.15, 0.2) is 83.7 Å². The number of aromatic nitrogens is 1. The predicted molar refractivity (Wildman–Crippen MR) is 157 cm³/mol. The lowest BCUT2D eigenvalue weighted by Gasteiger charge is -2.36. The van der Waals surface area contributed by atoms with Crippen molar-refractivity contribution in [1.82, 2.24) is 10.3 Å². The Kier molecular flexibility index (Phi) is 8.77. The summed E-state index contributed by atoms with van der Waals surface area (Å²) in [6.07, 6.45) is 4.96. The van der Waals surface area contributed by atoms with Gasteiger partial charge in [0, 0.05) is 18.0 Å². The molecule has 4 aromatic rings. The van der Waals surface area contributed by atoms with Crippen molar-refractivity contribution in [2.45, 2.75) is 57.7 Å². The van der Waals surface area contributed by atoms with Crippen LogP contribution in [0.3, 0.4) is 0 Å². The normalized spacial score (nSPS) is 14.4. The van der Waals surface area contributed by atoms with Crippen LogP contribution in [0.5, 0.6) is 0 Å². The second-order valence-electron chi connectivity index (χ2n) is 10.4. The lowest BCUT2D eigenvalue weighted by molar-refractivity contribution is -0.123. The first-order chi connectivity index (χ1) is 20.0. The number of hydrogen-bond acceptors (Lipinski definition) is 5. The molecule has 212 valence electrons. The minimum absolute atomic E-state index is 0.0122. The van der Waals surface area contributed by atoms with E-state index in [4.69, 9.17) is 4.74 Å². The first-order valence-electron chi connectivity index (χ1n) is 14.1. The zero-order valence-electron chi connectivity index (χ0n) is 23.1. The fourth-order valence-electron chi connectivity index (χ4n) is 5.64. The van der Waals surface area contributed by atoms with E-state index in [0.29, 0.717) is 22.2 Å². The summed E-state index contributed by atoms with van der Waals surface area (Å²) >= 11 is 0. The molecule has 5 rings (SSSR count). The Morgan fingerprint density at radius 2 is 1.66 bits per heavy atom. The Morgan fingerprint density at radius 1 is 0.976 bits per heavy atom. The van der Waals surface area contributed by atoms with Crippen molar-refractivity contribution in [1.29, 1.82) is 0 Å². The largest absolute Gasteiger partial charge is 0.462 e. The Bertz CT molecular complexity index is 1560. The minimum atomic E-state index is -0.976. The van der Waals surface area contributed by atoms with Crippen LogP contribution >= 0.6 is 0 Å². The molecule has 0 radical (unpaired) electrons. The number of ether oxygens (including phenoxy) is 1. The third-order valence-electron chi connectivity index (χ3n) is 7.55. The summed E-state index contributed by atoms with van der Waals surface area (Å²) in [6.45, 7) is 1.95. The number of H-pyrrole nitrogens is 1. The molecule has 1 saturated carbocycles. The smallest absolute Gasteiger partial charge is 0.345 e. The van der Waals surface area contributed by atoms with E-state index in [0.717, 1.165) is 37.7 Å². The van der Waals surface area contributed by atoms with E-state index in [1.807, 2.05) is 42.5 Å². The molecule has 1 unspecified atom stereocenters. The zero-order valence-corrected chi connectivity index (χ0v) is 23.1. The molecule has 1 fully saturated rings. The molecule has 0 aliphatic heterocycles. The van der Waals surface area contributed by atoms with Crippen LogP contribution in [-0.4, -0.2) is 29.5 Å². The number of nitrogens with zero attached hydrogens (tertiary/aromatic N) is 1. The van der Waals surface area contributed by atoms with Crippen molar-refractivity contribution in [2.24, 2.45) is 0 Å². The lowest BCUT2D eigenvalue weighted by Crippen LogP contribution is -2.46. The second kappa shape index (κ2) is 12.8. The van der Waals surface area contributed by atoms with E-state index < -0.39 is 23.4 Å². The Morgan fingerprint density at radius 3 is 2.37 bits per heavy atom. The number of benzene rings is 3. The number of rotatable bonds is 9. The summed E-state index contributed by atoms with van der Waals surface area (Å²) in [4.78, 5) is 45.7. The van der Waals surface area contributed by atoms with E-state index in [9.17, 15) is 18.8 Å². The molecule has 1 aliphatic carbocycles. The number of anilines is 1. The Labute approximate surface area is 238 Å². The first-order valence-corrected chi connectivity index (χ1v) is 14.1. The number of hydrogen-bond donors (Lipinski definition) is 2. The molecule has 1 aromatic heterocycles. The van der Waals surface area contributed by atoms with E-state index in [1.54, 1.807) is 36.1 Å². The van der Waals surface area contributed by atoms with Crippen molar-refractivity contribution >= 4 is 28.5 Å². The quantitative estimate of drug-likeness (QED) is 0.246. The highest BCUT2D eigenvalue weighted by atomic mass is 19.1. The van der Waals surface area contributed by atoms with Gasteiger partial charge in [0.2, 0.25) is 5.91 Å². The molecule has 0 saturated heterocycles. The van der Waals surface area contributed by atoms with Gasteiger partial charge in [-0.3, -0.25) is 9.59 Å². The maximum Gasteiger partial charge on any atom is 0.345 e. The van der Waals surface area contributed by atoms with E-state index >= 15 is 0 Å². The van der Waals surface area contributed by atoms with Gasteiger partial charge in [-0.15, -0.1) is 0 Å². The first kappa shape index (κ1) is 28.1. The van der Waals surface area contributed by atoms with E-state index in [-0.39, 0.29) is 30.7 Å². The summed E-state index contributed by atoms with van der Waals surface area (Å²) in [7, 11) is 0. The molecule has 0 spiro atoms. The van der Waals surface area contributed by atoms with Gasteiger partial charge in [0.1, 0.15) is 17.4 Å². The Balaban J connectivity index is 1.76. The molecule has 7 nitrogen and oxygen atoms in total. The molecule has 3 aromatic carbocycles. The standard InChI is InChI=1S/C33H34FN3O4/c1-2-41-33(40)28-30(26-15-9-10-16-27(26)36-31(28)38)37(21-22-11-5-3-6-12-22)29(23-17-19-24(34)20-18-23)32(39)35-25-13-7-4-8-14-25/h3,5-6,9-12,15-20,25,29H,2,4,7-8,13-14,21H2,1H3,(H,35,39)(H,36,38). The highest BCUT2D eigenvalue weighted by Crippen LogP contribution is 2.37. The number of amides is 1. The number of esters is 1. The highest BCUT2D eigenvalue weighted by Gasteiger charge is 2.35. The molecule has 1 atom stereocenters. The van der Waals surface area contributed by atoms with Gasteiger partial charge < -0.3 is 19.9 Å². The summed E-state index contributed by atoms with van der Waals surface area (Å²) < 4.78 is 19.4. The fraction of sp³-hybridized carbons (Fsp3) is 0.303. The SMILES string of the molecule is CCOC(=O)c1c(N(Cc2ccccc2)C(C(=O)NC2CCCCC2)c2ccc(F)cc2)c2ccccc2[nH]c1=O. The summed E-state index contributed by atoms with van der Waals surface area (Å²) in [6, 6.07) is 21.5. The maximum absolute atomic E-state index is 14.3. The number of nitrogens with one attached hydrogen (secondary N) is 2. The monoisotopic (exact) mass is 555 g/mol. The van der Waals surface area contributed by atoms with Crippen LogP contribution in [0.1, 0.15) is 66.6 Å². The van der Waals surface area contributed by atoms with Crippen LogP contribution in [0.4, 0.5) is 10.1 Å². The van der Waals surface area contributed by atoms with Gasteiger partial charge in [0.05, 0.1) is 17.8 Å². The zero-order chi connectivity index (χ0) is 28.8. The fourth-order valence-corrected chi connectivity index (χ4v) is 5.64. The topological polar surface area (TPSA) is 91.5 Å². The maximum atomic E-state index is 14.3. The summed E-state index contributed by atoms with van der Waals surface area (Å²) in [5.74, 6) is -1.49. The number of carbonyl (C=O) groups excluding carboxylic acids is 2. The average molecular weight is 556 g/mol. The molecule has 0 bridgehead atoms. The molecular weight excluding hydrogens is 521 g/mol. The molecule has 2 N–H and O–H groups in total. The van der Waals surface area contributed by atoms with Gasteiger partial charge in [0.15, 0.2) is 0 Å². The Hall–Kier alpha value is -4.46. The van der Waals surface area contributed by atoms with Crippen LogP contribution in [0.25, 0.3) is 10.9 Å². The van der Waals surface area contributed by atoms with Crippen molar-refractivity contribution in [3.63, 3.8) is 0 Å². The van der Waals surface area contributed by atoms with Crippen molar-refractivity contribution < 1.29 is 18.7 Å². The number of para-hydroxylation sites is 1. The molecule has 1 amide bonds.